The van der Waals surface area contributed by atoms with E-state index in [-0.39, 0.29) is 7.43 Å². The summed E-state index contributed by atoms with van der Waals surface area (Å²) in [5.41, 5.74) is 3.87. The van der Waals surface area contributed by atoms with Crippen LogP contribution in [0, 0.1) is 7.43 Å². The summed E-state index contributed by atoms with van der Waals surface area (Å²) in [6.45, 7) is 3.86. The maximum Gasteiger partial charge on any atom is 0.0267 e. The van der Waals surface area contributed by atoms with Crippen LogP contribution in [0.2, 0.25) is 0 Å². The van der Waals surface area contributed by atoms with Gasteiger partial charge >= 0.3 is 62.3 Å². The molecule has 0 amide bonds. The van der Waals surface area contributed by atoms with Gasteiger partial charge in [0.15, 0.2) is 0 Å². The zero-order valence-corrected chi connectivity index (χ0v) is 15.5. The van der Waals surface area contributed by atoms with Gasteiger partial charge in [-0.05, 0) is 24.3 Å². The first-order valence-corrected chi connectivity index (χ1v) is 11.0. The minimum atomic E-state index is -1.70. The summed E-state index contributed by atoms with van der Waals surface area (Å²) in [6, 6.07) is 11.4. The molecule has 2 heterocycles. The molecule has 21 heavy (non-hydrogen) atoms. The summed E-state index contributed by atoms with van der Waals surface area (Å²) in [4.78, 5) is 7.57. The molecule has 0 aromatic carbocycles. The molecule has 2 nitrogen and oxygen atoms in total. The molecule has 0 spiro atoms. The Labute approximate surface area is 140 Å². The first-order chi connectivity index (χ1) is 9.63. The largest absolute Gasteiger partial charge is 0.358 e. The van der Waals surface area contributed by atoms with Gasteiger partial charge in [0.25, 0.3) is 0 Å². The second-order valence-corrected chi connectivity index (χ2v) is 8.76. The summed E-state index contributed by atoms with van der Waals surface area (Å²) in [6.07, 6.45) is 7.00. The Balaban J connectivity index is 0. The average Bonchev–Trinajstić information content (AvgIpc) is 2.50. The Morgan fingerprint density at radius 2 is 1.19 bits per heavy atom. The summed E-state index contributed by atoms with van der Waals surface area (Å²) >= 11 is -1.70. The Morgan fingerprint density at radius 3 is 1.29 bits per heavy atom. The van der Waals surface area contributed by atoms with Gasteiger partial charge in [-0.2, -0.15) is 0 Å². The van der Waals surface area contributed by atoms with Crippen molar-refractivity contribution in [3.05, 3.63) is 79.9 Å². The van der Waals surface area contributed by atoms with Gasteiger partial charge in [0.1, 0.15) is 0 Å². The molecular weight excluding hydrogens is 392 g/mol. The van der Waals surface area contributed by atoms with Crippen LogP contribution >= 0.6 is 19.4 Å². The fourth-order valence-corrected chi connectivity index (χ4v) is 1.74. The molecule has 5 heteroatoms. The molecule has 0 radical (unpaired) electrons. The summed E-state index contributed by atoms with van der Waals surface area (Å²) in [5.74, 6) is 0. The van der Waals surface area contributed by atoms with E-state index in [4.69, 9.17) is 19.4 Å². The van der Waals surface area contributed by atoms with Gasteiger partial charge in [0.2, 0.25) is 0 Å². The van der Waals surface area contributed by atoms with Crippen molar-refractivity contribution in [2.24, 2.45) is 0 Å². The molecule has 0 aliphatic carbocycles. The van der Waals surface area contributed by atoms with Crippen LogP contribution in [-0.2, 0) is 13.5 Å². The van der Waals surface area contributed by atoms with Gasteiger partial charge in [-0.15, -0.1) is 0 Å². The van der Waals surface area contributed by atoms with Crippen molar-refractivity contribution in [1.29, 1.82) is 0 Å². The van der Waals surface area contributed by atoms with Crippen molar-refractivity contribution >= 4 is 23.6 Å². The SMILES string of the molecule is CC(C)=C=[C]=[Ru]([Cl])[Cl].[CH3-].c1ccncc1.c1ccncc1. The van der Waals surface area contributed by atoms with Crippen LogP contribution in [0.5, 0.6) is 0 Å². The molecule has 0 aliphatic heterocycles. The molecule has 0 saturated carbocycles. The van der Waals surface area contributed by atoms with E-state index < -0.39 is 13.5 Å². The number of aromatic nitrogens is 2. The smallest absolute Gasteiger partial charge is 0.0267 e. The summed E-state index contributed by atoms with van der Waals surface area (Å²) in [7, 11) is 10.9. The molecule has 0 unspecified atom stereocenters. The molecular formula is C16H19Cl2N2Ru-. The maximum atomic E-state index is 5.44. The third-order valence-electron chi connectivity index (χ3n) is 1.49. The Bertz CT molecular complexity index is 434. The average molecular weight is 411 g/mol. The minimum absolute atomic E-state index is 0. The van der Waals surface area contributed by atoms with Gasteiger partial charge in [0, 0.05) is 24.8 Å². The first kappa shape index (κ1) is 22.2. The second kappa shape index (κ2) is 17.0. The number of pyridine rings is 2. The first-order valence-electron chi connectivity index (χ1n) is 5.64. The standard InChI is InChI=1S/2C5H5N.C5H6.CH3.2ClH.Ru/c2*1-2-4-6-5-3-1;1-4-5(2)3;;;;/h2*1-5H;2-3H3;1H3;2*1H;/q;;;-1;;;+2/p-2. The molecule has 0 saturated heterocycles. The van der Waals surface area contributed by atoms with Crippen LogP contribution in [0.1, 0.15) is 13.8 Å². The van der Waals surface area contributed by atoms with Gasteiger partial charge in [-0.1, -0.05) is 12.1 Å². The summed E-state index contributed by atoms with van der Waals surface area (Å²) < 4.78 is 2.73. The molecule has 2 rings (SSSR count). The molecule has 0 aliphatic rings. The van der Waals surface area contributed by atoms with Crippen molar-refractivity contribution in [1.82, 2.24) is 9.97 Å². The fraction of sp³-hybridized carbons (Fsp3) is 0.125. The molecule has 0 N–H and O–H groups in total. The van der Waals surface area contributed by atoms with Crippen molar-refractivity contribution in [2.45, 2.75) is 13.8 Å². The van der Waals surface area contributed by atoms with E-state index >= 15 is 0 Å². The van der Waals surface area contributed by atoms with Gasteiger partial charge in [0.05, 0.1) is 0 Å². The zero-order valence-electron chi connectivity index (χ0n) is 12.3. The molecule has 116 valence electrons. The van der Waals surface area contributed by atoms with Crippen LogP contribution in [0.15, 0.2) is 72.5 Å². The van der Waals surface area contributed by atoms with Crippen molar-refractivity contribution in [3.8, 4) is 0 Å². The maximum absolute atomic E-state index is 5.44. The van der Waals surface area contributed by atoms with Crippen molar-refractivity contribution in [2.75, 3.05) is 0 Å². The summed E-state index contributed by atoms with van der Waals surface area (Å²) in [5, 5.41) is 0. The van der Waals surface area contributed by atoms with Crippen LogP contribution in [0.4, 0.5) is 0 Å². The normalized spacial score (nSPS) is 8.10. The van der Waals surface area contributed by atoms with Crippen LogP contribution in [0.25, 0.3) is 0 Å². The molecule has 0 fully saturated rings. The third kappa shape index (κ3) is 21.4. The monoisotopic (exact) mass is 411 g/mol. The number of hydrogen-bond donors (Lipinski definition) is 0. The second-order valence-electron chi connectivity index (χ2n) is 3.45. The van der Waals surface area contributed by atoms with E-state index in [1.807, 2.05) is 50.2 Å². The van der Waals surface area contributed by atoms with E-state index in [1.54, 1.807) is 24.8 Å². The van der Waals surface area contributed by atoms with E-state index in [9.17, 15) is 0 Å². The zero-order chi connectivity index (χ0) is 15.1. The quantitative estimate of drug-likeness (QED) is 0.345. The molecule has 0 atom stereocenters. The van der Waals surface area contributed by atoms with Crippen LogP contribution in [0.3, 0.4) is 0 Å². The number of allylic oxidation sites excluding steroid dienone is 1. The van der Waals surface area contributed by atoms with Gasteiger partial charge in [-0.3, -0.25) is 9.97 Å². The molecule has 0 bridgehead atoms. The van der Waals surface area contributed by atoms with Crippen molar-refractivity contribution < 1.29 is 13.5 Å². The van der Waals surface area contributed by atoms with Crippen LogP contribution in [-0.4, -0.2) is 14.2 Å². The number of hydrogen-bond acceptors (Lipinski definition) is 2. The number of halogens is 2. The Morgan fingerprint density at radius 1 is 0.810 bits per heavy atom. The predicted molar refractivity (Wildman–Crippen MR) is 90.0 cm³/mol. The third-order valence-corrected chi connectivity index (χ3v) is 2.83. The number of rotatable bonds is 0. The predicted octanol–water partition coefficient (Wildman–Crippen LogP) is 5.05. The molecule has 2 aromatic heterocycles. The van der Waals surface area contributed by atoms with E-state index in [0.717, 1.165) is 5.57 Å². The Kier molecular flexibility index (Phi) is 18.0. The molecule has 2 aromatic rings. The van der Waals surface area contributed by atoms with Gasteiger partial charge in [-0.25, -0.2) is 0 Å². The van der Waals surface area contributed by atoms with Crippen LogP contribution < -0.4 is 0 Å². The van der Waals surface area contributed by atoms with E-state index in [0.29, 0.717) is 0 Å². The Hall–Kier alpha value is -1.07. The fourth-order valence-electron chi connectivity index (χ4n) is 0.747. The van der Waals surface area contributed by atoms with Crippen molar-refractivity contribution in [3.63, 3.8) is 0 Å². The van der Waals surface area contributed by atoms with E-state index in [2.05, 4.69) is 20.0 Å². The number of nitrogens with zero attached hydrogens (tertiary/aromatic N) is 2. The minimum Gasteiger partial charge on any atom is -0.358 e. The topological polar surface area (TPSA) is 25.8 Å². The van der Waals surface area contributed by atoms with E-state index in [1.165, 1.54) is 0 Å². The van der Waals surface area contributed by atoms with Gasteiger partial charge < -0.3 is 7.43 Å².